The normalized spacial score (nSPS) is 12.1. The lowest BCUT2D eigenvalue weighted by Gasteiger charge is -1.93. The summed E-state index contributed by atoms with van der Waals surface area (Å²) in [6.45, 7) is 0. The number of pyridine rings is 1. The molecule has 0 saturated carbocycles. The third kappa shape index (κ3) is 1.65. The van der Waals surface area contributed by atoms with Gasteiger partial charge in [-0.2, -0.15) is 0 Å². The van der Waals surface area contributed by atoms with Crippen molar-refractivity contribution in [3.8, 4) is 0 Å². The Morgan fingerprint density at radius 3 is 2.86 bits per heavy atom. The van der Waals surface area contributed by atoms with Gasteiger partial charge in [0.25, 0.3) is 9.05 Å². The molecule has 2 aromatic rings. The van der Waals surface area contributed by atoms with E-state index in [0.29, 0.717) is 15.5 Å². The number of aromatic amines is 1. The Morgan fingerprint density at radius 2 is 2.21 bits per heavy atom. The SMILES string of the molecule is O=S(=O)(Cl)c1c[nH]c2ncc(Br)cc12. The van der Waals surface area contributed by atoms with Gasteiger partial charge in [-0.25, -0.2) is 13.4 Å². The van der Waals surface area contributed by atoms with E-state index >= 15 is 0 Å². The number of H-pyrrole nitrogens is 1. The molecule has 0 amide bonds. The molecule has 2 aromatic heterocycles. The Bertz CT molecular complexity index is 593. The van der Waals surface area contributed by atoms with Gasteiger partial charge in [0.1, 0.15) is 10.5 Å². The van der Waals surface area contributed by atoms with E-state index < -0.39 is 9.05 Å². The van der Waals surface area contributed by atoms with E-state index in [2.05, 4.69) is 25.9 Å². The van der Waals surface area contributed by atoms with Crippen LogP contribution in [0.5, 0.6) is 0 Å². The third-order valence-corrected chi connectivity index (χ3v) is 3.52. The van der Waals surface area contributed by atoms with E-state index in [-0.39, 0.29) is 4.90 Å². The molecule has 7 heteroatoms. The standard InChI is InChI=1S/C7H4BrClN2O2S/c8-4-1-5-6(14(9,12)13)3-11-7(5)10-2-4/h1-3H,(H,10,11). The number of fused-ring (bicyclic) bond motifs is 1. The predicted octanol–water partition coefficient (Wildman–Crippen LogP) is 2.25. The third-order valence-electron chi connectivity index (χ3n) is 1.72. The van der Waals surface area contributed by atoms with Gasteiger partial charge in [0.05, 0.1) is 0 Å². The lowest BCUT2D eigenvalue weighted by atomic mass is 10.3. The molecule has 0 atom stereocenters. The van der Waals surface area contributed by atoms with E-state index in [1.165, 1.54) is 6.20 Å². The van der Waals surface area contributed by atoms with Crippen LogP contribution in [0.3, 0.4) is 0 Å². The minimum absolute atomic E-state index is 0.0444. The molecule has 2 rings (SSSR count). The van der Waals surface area contributed by atoms with Gasteiger partial charge in [0.15, 0.2) is 0 Å². The molecular weight excluding hydrogens is 292 g/mol. The number of hydrogen-bond donors (Lipinski definition) is 1. The summed E-state index contributed by atoms with van der Waals surface area (Å²) in [7, 11) is 1.52. The first-order valence-electron chi connectivity index (χ1n) is 3.56. The molecule has 0 bridgehead atoms. The molecule has 0 aliphatic rings. The summed E-state index contributed by atoms with van der Waals surface area (Å²) in [6, 6.07) is 1.65. The van der Waals surface area contributed by atoms with Gasteiger partial charge < -0.3 is 4.98 Å². The number of nitrogens with one attached hydrogen (secondary N) is 1. The first-order chi connectivity index (χ1) is 6.48. The summed E-state index contributed by atoms with van der Waals surface area (Å²) in [5.74, 6) is 0. The van der Waals surface area contributed by atoms with Gasteiger partial charge in [-0.3, -0.25) is 0 Å². The number of nitrogens with zero attached hydrogens (tertiary/aromatic N) is 1. The number of halogens is 2. The van der Waals surface area contributed by atoms with Crippen LogP contribution in [0, 0.1) is 0 Å². The minimum atomic E-state index is -3.72. The van der Waals surface area contributed by atoms with Gasteiger partial charge in [-0.05, 0) is 22.0 Å². The lowest BCUT2D eigenvalue weighted by molar-refractivity contribution is 0.610. The van der Waals surface area contributed by atoms with Crippen molar-refractivity contribution >= 4 is 46.7 Å². The summed E-state index contributed by atoms with van der Waals surface area (Å²) in [5.41, 5.74) is 0.493. The Balaban J connectivity index is 2.87. The maximum Gasteiger partial charge on any atom is 0.263 e. The first kappa shape index (κ1) is 9.95. The van der Waals surface area contributed by atoms with Crippen molar-refractivity contribution < 1.29 is 8.42 Å². The van der Waals surface area contributed by atoms with Crippen molar-refractivity contribution in [3.05, 3.63) is 22.9 Å². The molecule has 74 valence electrons. The van der Waals surface area contributed by atoms with Gasteiger partial charge in [-0.1, -0.05) is 0 Å². The van der Waals surface area contributed by atoms with Gasteiger partial charge in [-0.15, -0.1) is 0 Å². The maximum absolute atomic E-state index is 11.1. The van der Waals surface area contributed by atoms with Gasteiger partial charge >= 0.3 is 0 Å². The maximum atomic E-state index is 11.1. The monoisotopic (exact) mass is 294 g/mol. The van der Waals surface area contributed by atoms with Gasteiger partial charge in [0.2, 0.25) is 0 Å². The van der Waals surface area contributed by atoms with Crippen molar-refractivity contribution in [1.29, 1.82) is 0 Å². The molecule has 0 spiro atoms. The van der Waals surface area contributed by atoms with E-state index in [9.17, 15) is 8.42 Å². The van der Waals surface area contributed by atoms with Crippen LogP contribution in [0.15, 0.2) is 27.8 Å². The van der Waals surface area contributed by atoms with Crippen molar-refractivity contribution in [3.63, 3.8) is 0 Å². The Kier molecular flexibility index (Phi) is 2.29. The first-order valence-corrected chi connectivity index (χ1v) is 6.66. The second-order valence-electron chi connectivity index (χ2n) is 2.64. The zero-order chi connectivity index (χ0) is 10.3. The Hall–Kier alpha value is -0.590. The fourth-order valence-corrected chi connectivity index (χ4v) is 2.49. The molecule has 14 heavy (non-hydrogen) atoms. The molecule has 0 unspecified atom stereocenters. The van der Waals surface area contributed by atoms with Crippen LogP contribution < -0.4 is 0 Å². The fraction of sp³-hybridized carbons (Fsp3) is 0. The van der Waals surface area contributed by atoms with Crippen LogP contribution >= 0.6 is 26.6 Å². The summed E-state index contributed by atoms with van der Waals surface area (Å²) in [6.07, 6.45) is 2.90. The average molecular weight is 296 g/mol. The molecule has 0 aliphatic heterocycles. The summed E-state index contributed by atoms with van der Waals surface area (Å²) >= 11 is 3.20. The van der Waals surface area contributed by atoms with Crippen LogP contribution in [-0.2, 0) is 9.05 Å². The quantitative estimate of drug-likeness (QED) is 0.821. The van der Waals surface area contributed by atoms with E-state index in [1.54, 1.807) is 12.3 Å². The molecule has 0 fully saturated rings. The fourth-order valence-electron chi connectivity index (χ4n) is 1.16. The van der Waals surface area contributed by atoms with Gasteiger partial charge in [0, 0.05) is 32.9 Å². The zero-order valence-electron chi connectivity index (χ0n) is 6.66. The van der Waals surface area contributed by atoms with E-state index in [0.717, 1.165) is 0 Å². The van der Waals surface area contributed by atoms with Crippen LogP contribution in [-0.4, -0.2) is 18.4 Å². The number of hydrogen-bond acceptors (Lipinski definition) is 3. The predicted molar refractivity (Wildman–Crippen MR) is 56.8 cm³/mol. The van der Waals surface area contributed by atoms with Crippen LogP contribution in [0.4, 0.5) is 0 Å². The highest BCUT2D eigenvalue weighted by atomic mass is 79.9. The highest BCUT2D eigenvalue weighted by Gasteiger charge is 2.16. The van der Waals surface area contributed by atoms with Crippen molar-refractivity contribution in [2.24, 2.45) is 0 Å². The smallest absolute Gasteiger partial charge is 0.263 e. The molecule has 2 heterocycles. The molecule has 0 aliphatic carbocycles. The molecular formula is C7H4BrClN2O2S. The molecule has 0 aromatic carbocycles. The second-order valence-corrected chi connectivity index (χ2v) is 6.09. The van der Waals surface area contributed by atoms with Crippen LogP contribution in [0.2, 0.25) is 0 Å². The zero-order valence-corrected chi connectivity index (χ0v) is 9.82. The molecule has 0 saturated heterocycles. The molecule has 0 radical (unpaired) electrons. The minimum Gasteiger partial charge on any atom is -0.345 e. The van der Waals surface area contributed by atoms with E-state index in [1.807, 2.05) is 0 Å². The van der Waals surface area contributed by atoms with Crippen molar-refractivity contribution in [2.75, 3.05) is 0 Å². The number of aromatic nitrogens is 2. The summed E-state index contributed by atoms with van der Waals surface area (Å²) < 4.78 is 22.9. The van der Waals surface area contributed by atoms with Crippen molar-refractivity contribution in [1.82, 2.24) is 9.97 Å². The molecule has 1 N–H and O–H groups in total. The highest BCUT2D eigenvalue weighted by Crippen LogP contribution is 2.26. The highest BCUT2D eigenvalue weighted by molar-refractivity contribution is 9.10. The lowest BCUT2D eigenvalue weighted by Crippen LogP contribution is -1.88. The second kappa shape index (κ2) is 3.22. The molecule has 4 nitrogen and oxygen atoms in total. The number of rotatable bonds is 1. The largest absolute Gasteiger partial charge is 0.345 e. The van der Waals surface area contributed by atoms with E-state index in [4.69, 9.17) is 10.7 Å². The van der Waals surface area contributed by atoms with Crippen molar-refractivity contribution in [2.45, 2.75) is 4.90 Å². The summed E-state index contributed by atoms with van der Waals surface area (Å²) in [5, 5.41) is 0.481. The average Bonchev–Trinajstić information content (AvgIpc) is 2.45. The topological polar surface area (TPSA) is 62.8 Å². The van der Waals surface area contributed by atoms with Crippen LogP contribution in [0.1, 0.15) is 0 Å². The Morgan fingerprint density at radius 1 is 1.50 bits per heavy atom. The van der Waals surface area contributed by atoms with Crippen LogP contribution in [0.25, 0.3) is 11.0 Å². The Labute approximate surface area is 92.8 Å². The summed E-state index contributed by atoms with van der Waals surface area (Å²) in [4.78, 5) is 6.76.